The van der Waals surface area contributed by atoms with Crippen molar-refractivity contribution < 1.29 is 39.5 Å². The first kappa shape index (κ1) is 11.0. The molecule has 0 N–H and O–H groups in total. The minimum atomic E-state index is -0.758. The van der Waals surface area contributed by atoms with Crippen LogP contribution in [0.5, 0.6) is 0 Å². The van der Waals surface area contributed by atoms with Crippen molar-refractivity contribution in [2.45, 2.75) is 38.5 Å². The molecule has 14 heavy (non-hydrogen) atoms. The molecule has 0 aliphatic heterocycles. The van der Waals surface area contributed by atoms with Crippen LogP contribution in [0, 0.1) is 23.2 Å². The molecule has 0 saturated heterocycles. The summed E-state index contributed by atoms with van der Waals surface area (Å²) in [5.74, 6) is 1.38. The first-order chi connectivity index (χ1) is 6.18. The van der Waals surface area contributed by atoms with Crippen LogP contribution in [0.3, 0.4) is 0 Å². The molecule has 0 unspecified atom stereocenters. The van der Waals surface area contributed by atoms with E-state index in [2.05, 4.69) is 0 Å². The molecule has 0 aromatic rings. The number of aliphatic carboxylic acids is 1. The van der Waals surface area contributed by atoms with Crippen LogP contribution in [0.25, 0.3) is 0 Å². The second-order valence-corrected chi connectivity index (χ2v) is 5.49. The predicted molar refractivity (Wildman–Crippen MR) is 45.6 cm³/mol. The van der Waals surface area contributed by atoms with E-state index in [0.29, 0.717) is 17.8 Å². The van der Waals surface area contributed by atoms with E-state index in [1.54, 1.807) is 0 Å². The molecule has 4 aliphatic carbocycles. The predicted octanol–water partition coefficient (Wildman–Crippen LogP) is -2.04. The number of rotatable bonds is 1. The second-order valence-electron chi connectivity index (χ2n) is 5.49. The van der Waals surface area contributed by atoms with Crippen molar-refractivity contribution >= 4 is 5.97 Å². The molecule has 0 spiro atoms. The van der Waals surface area contributed by atoms with Gasteiger partial charge in [0.1, 0.15) is 0 Å². The number of hydrogen-bond donors (Lipinski definition) is 0. The second kappa shape index (κ2) is 3.50. The summed E-state index contributed by atoms with van der Waals surface area (Å²) < 4.78 is 0. The molecule has 0 aromatic carbocycles. The van der Waals surface area contributed by atoms with E-state index in [4.69, 9.17) is 0 Å². The minimum Gasteiger partial charge on any atom is -0.550 e. The molecule has 0 radical (unpaired) electrons. The van der Waals surface area contributed by atoms with Gasteiger partial charge in [0.25, 0.3) is 0 Å². The molecule has 2 nitrogen and oxygen atoms in total. The SMILES string of the molecule is O=C([O-])C12CC3CC(CC(C3)C1)C2.[Na+]. The summed E-state index contributed by atoms with van der Waals surface area (Å²) in [6.45, 7) is 0. The molecular weight excluding hydrogens is 187 g/mol. The van der Waals surface area contributed by atoms with Crippen molar-refractivity contribution in [1.82, 2.24) is 0 Å². The molecule has 3 heteroatoms. The normalized spacial score (nSPS) is 48.7. The topological polar surface area (TPSA) is 40.1 Å². The fourth-order valence-electron chi connectivity index (χ4n) is 4.36. The number of carboxylic acid groups (broad SMARTS) is 1. The Morgan fingerprint density at radius 3 is 1.64 bits per heavy atom. The molecule has 4 aliphatic rings. The van der Waals surface area contributed by atoms with E-state index < -0.39 is 11.4 Å². The standard InChI is InChI=1S/C11H16O2.Na/c12-10(13)11-4-7-1-8(5-11)3-9(2-7)6-11;/h7-9H,1-6H2,(H,12,13);/q;+1/p-1. The van der Waals surface area contributed by atoms with Crippen LogP contribution in [-0.4, -0.2) is 5.97 Å². The van der Waals surface area contributed by atoms with Crippen LogP contribution in [0.15, 0.2) is 0 Å². The van der Waals surface area contributed by atoms with E-state index in [1.165, 1.54) is 19.3 Å². The smallest absolute Gasteiger partial charge is 0.550 e. The Morgan fingerprint density at radius 1 is 1.00 bits per heavy atom. The molecular formula is C11H15NaO2. The van der Waals surface area contributed by atoms with Crippen LogP contribution in [0.4, 0.5) is 0 Å². The van der Waals surface area contributed by atoms with Gasteiger partial charge in [0.05, 0.1) is 0 Å². The van der Waals surface area contributed by atoms with Crippen molar-refractivity contribution in [3.05, 3.63) is 0 Å². The number of hydrogen-bond acceptors (Lipinski definition) is 2. The number of carboxylic acids is 1. The van der Waals surface area contributed by atoms with Gasteiger partial charge in [-0.25, -0.2) is 0 Å². The number of carbonyl (C=O) groups is 1. The Labute approximate surface area is 107 Å². The van der Waals surface area contributed by atoms with Crippen molar-refractivity contribution in [3.63, 3.8) is 0 Å². The molecule has 4 rings (SSSR count). The molecule has 72 valence electrons. The van der Waals surface area contributed by atoms with Crippen molar-refractivity contribution in [2.24, 2.45) is 23.2 Å². The van der Waals surface area contributed by atoms with E-state index in [-0.39, 0.29) is 29.6 Å². The largest absolute Gasteiger partial charge is 1.00 e. The summed E-state index contributed by atoms with van der Waals surface area (Å²) in [5.41, 5.74) is -0.394. The van der Waals surface area contributed by atoms with E-state index >= 15 is 0 Å². The van der Waals surface area contributed by atoms with Crippen LogP contribution in [0.1, 0.15) is 38.5 Å². The molecule has 4 bridgehead atoms. The van der Waals surface area contributed by atoms with Crippen molar-refractivity contribution in [3.8, 4) is 0 Å². The molecule has 0 aromatic heterocycles. The average Bonchev–Trinajstić information content (AvgIpc) is 2.00. The molecule has 0 amide bonds. The van der Waals surface area contributed by atoms with Gasteiger partial charge in [-0.2, -0.15) is 0 Å². The zero-order valence-electron chi connectivity index (χ0n) is 8.79. The third-order valence-electron chi connectivity index (χ3n) is 4.47. The number of carbonyl (C=O) groups excluding carboxylic acids is 1. The van der Waals surface area contributed by atoms with Gasteiger partial charge < -0.3 is 9.90 Å². The van der Waals surface area contributed by atoms with Gasteiger partial charge in [-0.1, -0.05) is 0 Å². The zero-order valence-corrected chi connectivity index (χ0v) is 10.8. The molecule has 0 heterocycles. The van der Waals surface area contributed by atoms with E-state index in [1.807, 2.05) is 0 Å². The average molecular weight is 202 g/mol. The monoisotopic (exact) mass is 202 g/mol. The summed E-state index contributed by atoms with van der Waals surface area (Å²) in [7, 11) is 0. The van der Waals surface area contributed by atoms with Gasteiger partial charge in [-0.3, -0.25) is 0 Å². The summed E-state index contributed by atoms with van der Waals surface area (Å²) in [6.07, 6.45) is 6.65. The van der Waals surface area contributed by atoms with Crippen LogP contribution in [0.2, 0.25) is 0 Å². The quantitative estimate of drug-likeness (QED) is 0.459. The fraction of sp³-hybridized carbons (Fsp3) is 0.909. The Balaban J connectivity index is 0.000000750. The summed E-state index contributed by atoms with van der Waals surface area (Å²) in [4.78, 5) is 11.1. The third kappa shape index (κ3) is 1.46. The zero-order chi connectivity index (χ0) is 9.05. The third-order valence-corrected chi connectivity index (χ3v) is 4.47. The van der Waals surface area contributed by atoms with E-state index in [0.717, 1.165) is 19.3 Å². The maximum absolute atomic E-state index is 11.1. The minimum absolute atomic E-state index is 0. The Bertz CT molecular complexity index is 227. The Hall–Kier alpha value is 0.470. The van der Waals surface area contributed by atoms with Gasteiger partial charge >= 0.3 is 29.6 Å². The summed E-state index contributed by atoms with van der Waals surface area (Å²) >= 11 is 0. The van der Waals surface area contributed by atoms with E-state index in [9.17, 15) is 9.90 Å². The molecule has 4 saturated carbocycles. The van der Waals surface area contributed by atoms with Crippen LogP contribution < -0.4 is 34.7 Å². The van der Waals surface area contributed by atoms with Gasteiger partial charge in [-0.15, -0.1) is 0 Å². The fourth-order valence-corrected chi connectivity index (χ4v) is 4.36. The first-order valence-electron chi connectivity index (χ1n) is 5.39. The van der Waals surface area contributed by atoms with Gasteiger partial charge in [0, 0.05) is 11.4 Å². The Kier molecular flexibility index (Phi) is 2.74. The summed E-state index contributed by atoms with van der Waals surface area (Å²) in [5, 5.41) is 11.1. The van der Waals surface area contributed by atoms with Crippen molar-refractivity contribution in [2.75, 3.05) is 0 Å². The summed E-state index contributed by atoms with van der Waals surface area (Å²) in [6, 6.07) is 0. The van der Waals surface area contributed by atoms with Crippen LogP contribution >= 0.6 is 0 Å². The van der Waals surface area contributed by atoms with Crippen LogP contribution in [-0.2, 0) is 4.79 Å². The van der Waals surface area contributed by atoms with Crippen molar-refractivity contribution in [1.29, 1.82) is 0 Å². The van der Waals surface area contributed by atoms with Gasteiger partial charge in [-0.05, 0) is 56.3 Å². The van der Waals surface area contributed by atoms with Gasteiger partial charge in [0.15, 0.2) is 0 Å². The van der Waals surface area contributed by atoms with Gasteiger partial charge in [0.2, 0.25) is 0 Å². The maximum Gasteiger partial charge on any atom is 1.00 e. The molecule has 4 fully saturated rings. The molecule has 0 atom stereocenters. The maximum atomic E-state index is 11.1. The first-order valence-corrected chi connectivity index (χ1v) is 5.39. The Morgan fingerprint density at radius 2 is 1.36 bits per heavy atom.